The fourth-order valence-electron chi connectivity index (χ4n) is 3.64. The molecule has 7 nitrogen and oxygen atoms in total. The van der Waals surface area contributed by atoms with E-state index in [1.807, 2.05) is 18.2 Å². The summed E-state index contributed by atoms with van der Waals surface area (Å²) in [5.41, 5.74) is 1.34. The van der Waals surface area contributed by atoms with E-state index in [9.17, 15) is 9.59 Å². The second-order valence-corrected chi connectivity index (χ2v) is 7.31. The Bertz CT molecular complexity index is 905. The maximum absolute atomic E-state index is 13.0. The Kier molecular flexibility index (Phi) is 7.76. The summed E-state index contributed by atoms with van der Waals surface area (Å²) in [6.07, 6.45) is 1.24. The number of esters is 1. The molecule has 0 aliphatic carbocycles. The molecule has 0 N–H and O–H groups in total. The van der Waals surface area contributed by atoms with Crippen LogP contribution in [0.4, 0.5) is 0 Å². The van der Waals surface area contributed by atoms with Crippen molar-refractivity contribution in [2.24, 2.45) is 5.92 Å². The topological polar surface area (TPSA) is 74.3 Å². The molecule has 166 valence electrons. The van der Waals surface area contributed by atoms with Crippen LogP contribution in [-0.2, 0) is 16.1 Å². The number of rotatable bonds is 8. The summed E-state index contributed by atoms with van der Waals surface area (Å²) < 4.78 is 21.7. The number of amides is 1. The maximum atomic E-state index is 13.0. The third-order valence-corrected chi connectivity index (χ3v) is 5.36. The highest BCUT2D eigenvalue weighted by Crippen LogP contribution is 2.26. The van der Waals surface area contributed by atoms with Gasteiger partial charge in [0.2, 0.25) is 0 Å². The van der Waals surface area contributed by atoms with Gasteiger partial charge in [-0.15, -0.1) is 0 Å². The largest absolute Gasteiger partial charge is 0.497 e. The van der Waals surface area contributed by atoms with Crippen molar-refractivity contribution >= 4 is 11.9 Å². The van der Waals surface area contributed by atoms with Gasteiger partial charge in [-0.25, -0.2) is 0 Å². The van der Waals surface area contributed by atoms with Crippen molar-refractivity contribution in [2.45, 2.75) is 26.4 Å². The smallest absolute Gasteiger partial charge is 0.309 e. The summed E-state index contributed by atoms with van der Waals surface area (Å²) in [5.74, 6) is 1.66. The van der Waals surface area contributed by atoms with Gasteiger partial charge in [-0.05, 0) is 50.1 Å². The quantitative estimate of drug-likeness (QED) is 0.598. The highest BCUT2D eigenvalue weighted by Gasteiger charge is 2.28. The lowest BCUT2D eigenvalue weighted by atomic mass is 9.96. The molecule has 2 aromatic carbocycles. The maximum Gasteiger partial charge on any atom is 0.309 e. The number of methoxy groups -OCH3 is 2. The van der Waals surface area contributed by atoms with Crippen LogP contribution in [0.2, 0.25) is 0 Å². The van der Waals surface area contributed by atoms with E-state index in [4.69, 9.17) is 18.9 Å². The van der Waals surface area contributed by atoms with Crippen LogP contribution in [0.3, 0.4) is 0 Å². The van der Waals surface area contributed by atoms with Crippen LogP contribution >= 0.6 is 0 Å². The molecule has 2 aromatic rings. The van der Waals surface area contributed by atoms with Gasteiger partial charge in [0.05, 0.1) is 26.7 Å². The average molecular weight is 427 g/mol. The highest BCUT2D eigenvalue weighted by atomic mass is 16.5. The number of piperidine rings is 1. The van der Waals surface area contributed by atoms with Crippen LogP contribution in [0.1, 0.15) is 35.7 Å². The van der Waals surface area contributed by atoms with Crippen molar-refractivity contribution in [1.29, 1.82) is 0 Å². The van der Waals surface area contributed by atoms with Crippen molar-refractivity contribution < 1.29 is 28.5 Å². The number of carbonyl (C=O) groups excluding carboxylic acids is 2. The van der Waals surface area contributed by atoms with E-state index in [0.717, 1.165) is 5.56 Å². The molecule has 0 radical (unpaired) electrons. The van der Waals surface area contributed by atoms with Gasteiger partial charge in [0, 0.05) is 30.3 Å². The Morgan fingerprint density at radius 1 is 1.00 bits per heavy atom. The summed E-state index contributed by atoms with van der Waals surface area (Å²) in [5, 5.41) is 0. The molecule has 31 heavy (non-hydrogen) atoms. The molecule has 1 amide bonds. The minimum atomic E-state index is -0.170. The van der Waals surface area contributed by atoms with Gasteiger partial charge in [0.15, 0.2) is 0 Å². The van der Waals surface area contributed by atoms with Crippen LogP contribution < -0.4 is 14.2 Å². The van der Waals surface area contributed by atoms with Gasteiger partial charge < -0.3 is 23.8 Å². The Balaban J connectivity index is 1.66. The fraction of sp³-hybridized carbons (Fsp3) is 0.417. The second kappa shape index (κ2) is 10.7. The van der Waals surface area contributed by atoms with E-state index in [2.05, 4.69) is 0 Å². The van der Waals surface area contributed by atoms with Crippen molar-refractivity contribution in [3.05, 3.63) is 53.6 Å². The van der Waals surface area contributed by atoms with Crippen LogP contribution in [0, 0.1) is 5.92 Å². The predicted molar refractivity (Wildman–Crippen MR) is 116 cm³/mol. The van der Waals surface area contributed by atoms with Gasteiger partial charge >= 0.3 is 5.97 Å². The molecule has 1 heterocycles. The van der Waals surface area contributed by atoms with Crippen LogP contribution in [0.15, 0.2) is 42.5 Å². The molecule has 0 aromatic heterocycles. The molecular weight excluding hydrogens is 398 g/mol. The number of ether oxygens (including phenoxy) is 4. The summed E-state index contributed by atoms with van der Waals surface area (Å²) in [7, 11) is 3.19. The zero-order valence-electron chi connectivity index (χ0n) is 18.3. The fourth-order valence-corrected chi connectivity index (χ4v) is 3.64. The van der Waals surface area contributed by atoms with Gasteiger partial charge in [-0.3, -0.25) is 9.59 Å². The van der Waals surface area contributed by atoms with Crippen LogP contribution in [0.25, 0.3) is 0 Å². The Morgan fingerprint density at radius 3 is 2.42 bits per heavy atom. The Morgan fingerprint density at radius 2 is 1.74 bits per heavy atom. The lowest BCUT2D eigenvalue weighted by Gasteiger charge is -2.31. The lowest BCUT2D eigenvalue weighted by Crippen LogP contribution is -2.40. The van der Waals surface area contributed by atoms with Crippen molar-refractivity contribution in [1.82, 2.24) is 4.90 Å². The predicted octanol–water partition coefficient (Wildman–Crippen LogP) is 3.70. The molecule has 1 saturated heterocycles. The molecule has 1 fully saturated rings. The molecule has 1 aliphatic heterocycles. The SMILES string of the molecule is CCOC(=O)C1CCN(C(=O)c2ccc(OC)c(COc3cccc(OC)c3)c2)CC1. The summed E-state index contributed by atoms with van der Waals surface area (Å²) in [4.78, 5) is 26.7. The lowest BCUT2D eigenvalue weighted by molar-refractivity contribution is -0.149. The van der Waals surface area contributed by atoms with Gasteiger partial charge in [-0.2, -0.15) is 0 Å². The number of hydrogen-bond acceptors (Lipinski definition) is 6. The van der Waals surface area contributed by atoms with Gasteiger partial charge in [0.1, 0.15) is 23.9 Å². The standard InChI is InChI=1S/C24H29NO6/c1-4-30-24(27)17-10-12-25(13-11-17)23(26)18-8-9-22(29-3)19(14-18)16-31-21-7-5-6-20(15-21)28-2/h5-9,14-15,17H,4,10-13,16H2,1-3H3. The van der Waals surface area contributed by atoms with E-state index >= 15 is 0 Å². The van der Waals surface area contributed by atoms with Crippen LogP contribution in [0.5, 0.6) is 17.2 Å². The highest BCUT2D eigenvalue weighted by molar-refractivity contribution is 5.94. The molecule has 7 heteroatoms. The zero-order chi connectivity index (χ0) is 22.2. The van der Waals surface area contributed by atoms with Crippen LogP contribution in [-0.4, -0.2) is 50.7 Å². The minimum Gasteiger partial charge on any atom is -0.497 e. The Hall–Kier alpha value is -3.22. The third-order valence-electron chi connectivity index (χ3n) is 5.36. The summed E-state index contributed by atoms with van der Waals surface area (Å²) in [6, 6.07) is 12.7. The number of benzene rings is 2. The first-order chi connectivity index (χ1) is 15.0. The molecule has 0 saturated carbocycles. The summed E-state index contributed by atoms with van der Waals surface area (Å²) >= 11 is 0. The van der Waals surface area contributed by atoms with Crippen molar-refractivity contribution in [2.75, 3.05) is 33.9 Å². The number of hydrogen-bond donors (Lipinski definition) is 0. The molecule has 0 unspecified atom stereocenters. The monoisotopic (exact) mass is 427 g/mol. The molecule has 0 bridgehead atoms. The summed E-state index contributed by atoms with van der Waals surface area (Å²) in [6.45, 7) is 3.50. The van der Waals surface area contributed by atoms with E-state index in [1.165, 1.54) is 0 Å². The normalized spacial score (nSPS) is 14.1. The first-order valence-corrected chi connectivity index (χ1v) is 10.4. The van der Waals surface area contributed by atoms with E-state index in [-0.39, 0.29) is 24.4 Å². The van der Waals surface area contributed by atoms with E-state index in [0.29, 0.717) is 55.4 Å². The van der Waals surface area contributed by atoms with Crippen molar-refractivity contribution in [3.8, 4) is 17.2 Å². The zero-order valence-corrected chi connectivity index (χ0v) is 18.3. The molecule has 0 spiro atoms. The minimum absolute atomic E-state index is 0.0624. The first kappa shape index (κ1) is 22.5. The first-order valence-electron chi connectivity index (χ1n) is 10.4. The molecule has 3 rings (SSSR count). The molecular formula is C24H29NO6. The van der Waals surface area contributed by atoms with Gasteiger partial charge in [-0.1, -0.05) is 6.07 Å². The molecule has 1 aliphatic rings. The number of nitrogens with zero attached hydrogens (tertiary/aromatic N) is 1. The number of carbonyl (C=O) groups is 2. The van der Waals surface area contributed by atoms with Crippen molar-refractivity contribution in [3.63, 3.8) is 0 Å². The van der Waals surface area contributed by atoms with E-state index < -0.39 is 0 Å². The third kappa shape index (κ3) is 5.69. The molecule has 0 atom stereocenters. The van der Waals surface area contributed by atoms with E-state index in [1.54, 1.807) is 50.3 Å². The average Bonchev–Trinajstić information content (AvgIpc) is 2.82. The number of likely N-dealkylation sites (tertiary alicyclic amines) is 1. The second-order valence-electron chi connectivity index (χ2n) is 7.31. The van der Waals surface area contributed by atoms with Gasteiger partial charge in [0.25, 0.3) is 5.91 Å². The Labute approximate surface area is 182 Å².